The molecule has 1 amide bonds. The maximum Gasteiger partial charge on any atom is 0.252 e. The zero-order chi connectivity index (χ0) is 20.8. The summed E-state index contributed by atoms with van der Waals surface area (Å²) in [6.07, 6.45) is 6.81. The number of halogens is 2. The van der Waals surface area contributed by atoms with Crippen molar-refractivity contribution in [2.45, 2.75) is 44.6 Å². The Balaban J connectivity index is 1.92. The molecule has 4 nitrogen and oxygen atoms in total. The normalized spacial score (nSPS) is 15.9. The third kappa shape index (κ3) is 5.68. The van der Waals surface area contributed by atoms with Crippen LogP contribution in [0.3, 0.4) is 0 Å². The molecule has 1 aliphatic carbocycles. The molecular formula is C23H23Cl2NO3. The molecule has 1 unspecified atom stereocenters. The van der Waals surface area contributed by atoms with E-state index in [1.165, 1.54) is 31.0 Å². The highest BCUT2D eigenvalue weighted by molar-refractivity contribution is 6.69. The largest absolute Gasteiger partial charge is 0.345 e. The molecule has 0 radical (unpaired) electrons. The number of carbonyl (C=O) groups is 3. The Morgan fingerprint density at radius 3 is 1.83 bits per heavy atom. The summed E-state index contributed by atoms with van der Waals surface area (Å²) in [6, 6.07) is 13.8. The standard InChI is InChI=1S/C23H23Cl2NO3/c24-21(27)17-12-18(22(25)28)14-19(13-17)23(29)26-20(16-10-6-3-7-11-16)15-8-4-1-2-5-9-15/h3,6-7,10-15,20H,1-2,4-5,8-9H2,(H,26,29). The zero-order valence-corrected chi connectivity index (χ0v) is 17.5. The third-order valence-corrected chi connectivity index (χ3v) is 5.90. The Morgan fingerprint density at radius 1 is 0.793 bits per heavy atom. The number of amides is 1. The lowest BCUT2D eigenvalue weighted by Crippen LogP contribution is -2.33. The Kier molecular flexibility index (Phi) is 7.45. The summed E-state index contributed by atoms with van der Waals surface area (Å²) in [5.41, 5.74) is 1.36. The molecule has 0 bridgehead atoms. The fraction of sp³-hybridized carbons (Fsp3) is 0.348. The minimum Gasteiger partial charge on any atom is -0.345 e. The molecule has 1 N–H and O–H groups in total. The summed E-state index contributed by atoms with van der Waals surface area (Å²) in [5, 5.41) is 1.64. The molecule has 29 heavy (non-hydrogen) atoms. The van der Waals surface area contributed by atoms with Crippen LogP contribution in [0.1, 0.15) is 81.2 Å². The molecule has 3 rings (SSSR count). The quantitative estimate of drug-likeness (QED) is 0.458. The van der Waals surface area contributed by atoms with Gasteiger partial charge >= 0.3 is 0 Å². The van der Waals surface area contributed by atoms with E-state index in [1.54, 1.807) is 0 Å². The predicted octanol–water partition coefficient (Wildman–Crippen LogP) is 5.89. The summed E-state index contributed by atoms with van der Waals surface area (Å²) < 4.78 is 0. The zero-order valence-electron chi connectivity index (χ0n) is 16.0. The number of carbonyl (C=O) groups excluding carboxylic acids is 3. The Morgan fingerprint density at radius 2 is 1.31 bits per heavy atom. The monoisotopic (exact) mass is 431 g/mol. The van der Waals surface area contributed by atoms with Gasteiger partial charge in [-0.05, 0) is 65.7 Å². The predicted molar refractivity (Wildman–Crippen MR) is 115 cm³/mol. The van der Waals surface area contributed by atoms with Crippen LogP contribution in [0, 0.1) is 5.92 Å². The molecule has 2 aromatic rings. The van der Waals surface area contributed by atoms with Crippen molar-refractivity contribution in [3.05, 3.63) is 70.8 Å². The van der Waals surface area contributed by atoms with Crippen LogP contribution in [-0.2, 0) is 0 Å². The van der Waals surface area contributed by atoms with Crippen molar-refractivity contribution < 1.29 is 14.4 Å². The van der Waals surface area contributed by atoms with Crippen molar-refractivity contribution in [3.8, 4) is 0 Å². The van der Waals surface area contributed by atoms with Crippen LogP contribution < -0.4 is 5.32 Å². The van der Waals surface area contributed by atoms with Gasteiger partial charge in [0.15, 0.2) is 0 Å². The van der Waals surface area contributed by atoms with Gasteiger partial charge < -0.3 is 5.32 Å². The summed E-state index contributed by atoms with van der Waals surface area (Å²) >= 11 is 11.1. The molecule has 0 spiro atoms. The molecule has 0 saturated heterocycles. The van der Waals surface area contributed by atoms with Crippen LogP contribution in [0.15, 0.2) is 48.5 Å². The SMILES string of the molecule is O=C(Cl)c1cc(C(=O)Cl)cc(C(=O)NC(c2ccccc2)C2CCCCCC2)c1. The van der Waals surface area contributed by atoms with E-state index in [9.17, 15) is 14.4 Å². The number of benzene rings is 2. The first-order valence-corrected chi connectivity index (χ1v) is 10.6. The lowest BCUT2D eigenvalue weighted by molar-refractivity contribution is 0.0918. The smallest absolute Gasteiger partial charge is 0.252 e. The van der Waals surface area contributed by atoms with Crippen LogP contribution in [0.2, 0.25) is 0 Å². The van der Waals surface area contributed by atoms with Crippen molar-refractivity contribution >= 4 is 39.6 Å². The van der Waals surface area contributed by atoms with Crippen LogP contribution in [0.4, 0.5) is 0 Å². The van der Waals surface area contributed by atoms with Crippen LogP contribution in [0.25, 0.3) is 0 Å². The fourth-order valence-electron chi connectivity index (χ4n) is 3.99. The Bertz CT molecular complexity index is 858. The number of hydrogen-bond acceptors (Lipinski definition) is 3. The molecular weight excluding hydrogens is 409 g/mol. The average Bonchev–Trinajstić information content (AvgIpc) is 3.01. The topological polar surface area (TPSA) is 63.2 Å². The lowest BCUT2D eigenvalue weighted by atomic mass is 9.87. The van der Waals surface area contributed by atoms with E-state index in [0.717, 1.165) is 31.2 Å². The molecule has 0 heterocycles. The summed E-state index contributed by atoms with van der Waals surface area (Å²) in [5.74, 6) is -0.0298. The van der Waals surface area contributed by atoms with Gasteiger partial charge in [-0.2, -0.15) is 0 Å². The molecule has 152 valence electrons. The van der Waals surface area contributed by atoms with E-state index in [-0.39, 0.29) is 28.6 Å². The van der Waals surface area contributed by atoms with E-state index in [1.807, 2.05) is 30.3 Å². The number of rotatable bonds is 6. The van der Waals surface area contributed by atoms with Gasteiger partial charge in [-0.3, -0.25) is 14.4 Å². The summed E-state index contributed by atoms with van der Waals surface area (Å²) in [6.45, 7) is 0. The molecule has 2 aromatic carbocycles. The fourth-order valence-corrected chi connectivity index (χ4v) is 4.21. The molecule has 0 aliphatic heterocycles. The Hall–Kier alpha value is -2.17. The first-order valence-electron chi connectivity index (χ1n) is 9.86. The maximum atomic E-state index is 13.1. The van der Waals surface area contributed by atoms with Crippen molar-refractivity contribution in [1.29, 1.82) is 0 Å². The molecule has 6 heteroatoms. The molecule has 1 atom stereocenters. The van der Waals surface area contributed by atoms with Gasteiger partial charge in [0, 0.05) is 16.7 Å². The second-order valence-electron chi connectivity index (χ2n) is 7.46. The van der Waals surface area contributed by atoms with Crippen molar-refractivity contribution in [2.24, 2.45) is 5.92 Å². The molecule has 1 fully saturated rings. The summed E-state index contributed by atoms with van der Waals surface area (Å²) in [7, 11) is 0. The van der Waals surface area contributed by atoms with Gasteiger partial charge in [0.2, 0.25) is 0 Å². The van der Waals surface area contributed by atoms with E-state index in [4.69, 9.17) is 23.2 Å². The third-order valence-electron chi connectivity index (χ3n) is 5.47. The van der Waals surface area contributed by atoms with Crippen LogP contribution in [0.5, 0.6) is 0 Å². The first kappa shape index (κ1) is 21.5. The van der Waals surface area contributed by atoms with E-state index < -0.39 is 10.5 Å². The number of nitrogens with one attached hydrogen (secondary N) is 1. The van der Waals surface area contributed by atoms with Crippen molar-refractivity contribution in [2.75, 3.05) is 0 Å². The second kappa shape index (κ2) is 10.0. The van der Waals surface area contributed by atoms with Gasteiger partial charge in [-0.15, -0.1) is 0 Å². The van der Waals surface area contributed by atoms with E-state index >= 15 is 0 Å². The van der Waals surface area contributed by atoms with Crippen LogP contribution >= 0.6 is 23.2 Å². The first-order chi connectivity index (χ1) is 14.0. The van der Waals surface area contributed by atoms with Gasteiger partial charge in [0.05, 0.1) is 6.04 Å². The maximum absolute atomic E-state index is 13.1. The lowest BCUT2D eigenvalue weighted by Gasteiger charge is -2.28. The Labute approximate surface area is 180 Å². The summed E-state index contributed by atoms with van der Waals surface area (Å²) in [4.78, 5) is 36.3. The van der Waals surface area contributed by atoms with Gasteiger partial charge in [0.1, 0.15) is 0 Å². The minimum atomic E-state index is -0.748. The van der Waals surface area contributed by atoms with E-state index in [0.29, 0.717) is 5.92 Å². The average molecular weight is 432 g/mol. The van der Waals surface area contributed by atoms with Gasteiger partial charge in [-0.1, -0.05) is 56.0 Å². The highest BCUT2D eigenvalue weighted by Crippen LogP contribution is 2.34. The van der Waals surface area contributed by atoms with Crippen LogP contribution in [-0.4, -0.2) is 16.4 Å². The molecule has 1 saturated carbocycles. The molecule has 0 aromatic heterocycles. The van der Waals surface area contributed by atoms with E-state index in [2.05, 4.69) is 5.32 Å². The van der Waals surface area contributed by atoms with Crippen molar-refractivity contribution in [1.82, 2.24) is 5.32 Å². The van der Waals surface area contributed by atoms with Gasteiger partial charge in [-0.25, -0.2) is 0 Å². The highest BCUT2D eigenvalue weighted by Gasteiger charge is 2.26. The van der Waals surface area contributed by atoms with Crippen molar-refractivity contribution in [3.63, 3.8) is 0 Å². The van der Waals surface area contributed by atoms with Gasteiger partial charge in [0.25, 0.3) is 16.4 Å². The second-order valence-corrected chi connectivity index (χ2v) is 8.15. The molecule has 1 aliphatic rings. The minimum absolute atomic E-state index is 0.0639. The number of hydrogen-bond donors (Lipinski definition) is 1. The highest BCUT2D eigenvalue weighted by atomic mass is 35.5.